The molecule has 1 amide bonds. The van der Waals surface area contributed by atoms with Crippen LogP contribution < -0.4 is 5.32 Å². The average molecular weight is 408 g/mol. The van der Waals surface area contributed by atoms with E-state index in [4.69, 9.17) is 4.74 Å². The minimum absolute atomic E-state index is 0.104. The van der Waals surface area contributed by atoms with Gasteiger partial charge in [-0.1, -0.05) is 12.1 Å². The lowest BCUT2D eigenvalue weighted by Gasteiger charge is -2.35. The lowest BCUT2D eigenvalue weighted by atomic mass is 10.1. The molecule has 1 aliphatic rings. The predicted molar refractivity (Wildman–Crippen MR) is 117 cm³/mol. The van der Waals surface area contributed by atoms with Crippen molar-refractivity contribution in [2.45, 2.75) is 32.6 Å². The van der Waals surface area contributed by atoms with Gasteiger partial charge in [-0.3, -0.25) is 9.69 Å². The first-order valence-corrected chi connectivity index (χ1v) is 10.7. The number of aromatic nitrogens is 1. The van der Waals surface area contributed by atoms with Gasteiger partial charge >= 0.3 is 0 Å². The van der Waals surface area contributed by atoms with Crippen molar-refractivity contribution >= 4 is 22.9 Å². The zero-order chi connectivity index (χ0) is 20.2. The quantitative estimate of drug-likeness (QED) is 0.668. The van der Waals surface area contributed by atoms with Crippen molar-refractivity contribution < 1.29 is 9.53 Å². The van der Waals surface area contributed by atoms with Crippen LogP contribution in [0, 0.1) is 0 Å². The third-order valence-electron chi connectivity index (χ3n) is 4.94. The van der Waals surface area contributed by atoms with E-state index in [0.29, 0.717) is 5.56 Å². The fourth-order valence-corrected chi connectivity index (χ4v) is 4.34. The highest BCUT2D eigenvalue weighted by molar-refractivity contribution is 7.13. The molecular weight excluding hydrogens is 382 g/mol. The van der Waals surface area contributed by atoms with Crippen molar-refractivity contribution in [1.29, 1.82) is 0 Å². The molecule has 2 atom stereocenters. The lowest BCUT2D eigenvalue weighted by Crippen LogP contribution is -2.44. The number of hydrogen-bond donors (Lipinski definition) is 1. The fourth-order valence-electron chi connectivity index (χ4n) is 3.70. The molecule has 150 valence electrons. The van der Waals surface area contributed by atoms with Gasteiger partial charge < -0.3 is 10.1 Å². The number of amides is 1. The van der Waals surface area contributed by atoms with Crippen LogP contribution in [0.5, 0.6) is 0 Å². The van der Waals surface area contributed by atoms with E-state index in [-0.39, 0.29) is 18.1 Å². The van der Waals surface area contributed by atoms with Gasteiger partial charge in [-0.05, 0) is 55.8 Å². The van der Waals surface area contributed by atoms with E-state index >= 15 is 0 Å². The lowest BCUT2D eigenvalue weighted by molar-refractivity contribution is -0.0704. The van der Waals surface area contributed by atoms with Gasteiger partial charge in [0, 0.05) is 48.0 Å². The minimum Gasteiger partial charge on any atom is -0.373 e. The van der Waals surface area contributed by atoms with Crippen LogP contribution in [0.2, 0.25) is 0 Å². The molecule has 0 saturated carbocycles. The van der Waals surface area contributed by atoms with Crippen LogP contribution in [0.25, 0.3) is 10.6 Å². The Kier molecular flexibility index (Phi) is 6.04. The largest absolute Gasteiger partial charge is 0.373 e. The number of ether oxygens (including phenoxy) is 1. The number of anilines is 1. The summed E-state index contributed by atoms with van der Waals surface area (Å²) in [5.41, 5.74) is 3.68. The highest BCUT2D eigenvalue weighted by Crippen LogP contribution is 2.23. The summed E-state index contributed by atoms with van der Waals surface area (Å²) in [4.78, 5) is 19.3. The van der Waals surface area contributed by atoms with Crippen LogP contribution in [0.1, 0.15) is 29.8 Å². The second-order valence-corrected chi connectivity index (χ2v) is 8.41. The predicted octanol–water partition coefficient (Wildman–Crippen LogP) is 4.67. The van der Waals surface area contributed by atoms with Crippen LogP contribution in [-0.4, -0.2) is 41.1 Å². The molecule has 3 aromatic rings. The molecule has 1 aliphatic heterocycles. The Morgan fingerprint density at radius 3 is 2.41 bits per heavy atom. The topological polar surface area (TPSA) is 54.5 Å². The summed E-state index contributed by atoms with van der Waals surface area (Å²) >= 11 is 1.60. The minimum atomic E-state index is -0.104. The maximum Gasteiger partial charge on any atom is 0.255 e. The molecule has 5 nitrogen and oxygen atoms in total. The second-order valence-electron chi connectivity index (χ2n) is 7.52. The Balaban J connectivity index is 1.35. The Morgan fingerprint density at radius 1 is 1.10 bits per heavy atom. The summed E-state index contributed by atoms with van der Waals surface area (Å²) in [5.74, 6) is -0.104. The Labute approximate surface area is 175 Å². The van der Waals surface area contributed by atoms with Gasteiger partial charge in [0.15, 0.2) is 0 Å². The highest BCUT2D eigenvalue weighted by Gasteiger charge is 2.22. The van der Waals surface area contributed by atoms with Crippen LogP contribution in [0.4, 0.5) is 5.69 Å². The van der Waals surface area contributed by atoms with Crippen molar-refractivity contribution in [3.8, 4) is 10.6 Å². The van der Waals surface area contributed by atoms with Crippen LogP contribution in [0.15, 0.2) is 60.1 Å². The maximum atomic E-state index is 12.6. The SMILES string of the molecule is C[C@@H]1CN(Cc2ccc(C(=O)Nc3ccc(-c4nccs4)cc3)cc2)C[C@@H](C)O1. The van der Waals surface area contributed by atoms with E-state index in [2.05, 4.69) is 29.0 Å². The molecule has 0 aliphatic carbocycles. The van der Waals surface area contributed by atoms with E-state index < -0.39 is 0 Å². The summed E-state index contributed by atoms with van der Waals surface area (Å²) in [5, 5.41) is 5.89. The van der Waals surface area contributed by atoms with Crippen molar-refractivity contribution in [2.75, 3.05) is 18.4 Å². The first-order valence-electron chi connectivity index (χ1n) is 9.85. The van der Waals surface area contributed by atoms with Crippen LogP contribution in [-0.2, 0) is 11.3 Å². The molecule has 2 aromatic carbocycles. The Hall–Kier alpha value is -2.54. The summed E-state index contributed by atoms with van der Waals surface area (Å²) in [7, 11) is 0. The molecule has 6 heteroatoms. The number of nitrogens with zero attached hydrogens (tertiary/aromatic N) is 2. The molecule has 4 rings (SSSR count). The zero-order valence-electron chi connectivity index (χ0n) is 16.7. The first kappa shape index (κ1) is 19.8. The molecule has 1 fully saturated rings. The number of benzene rings is 2. The van der Waals surface area contributed by atoms with Crippen LogP contribution in [0.3, 0.4) is 0 Å². The standard InChI is InChI=1S/C23H25N3O2S/c1-16-13-26(14-17(2)28-16)15-18-3-5-19(6-4-18)22(27)25-21-9-7-20(8-10-21)23-24-11-12-29-23/h3-12,16-17H,13-15H2,1-2H3,(H,25,27)/t16-,17-/m1/s1. The third kappa shape index (κ3) is 5.09. The van der Waals surface area contributed by atoms with E-state index in [1.165, 1.54) is 5.56 Å². The number of thiazole rings is 1. The molecule has 1 aromatic heterocycles. The number of carbonyl (C=O) groups is 1. The molecule has 0 bridgehead atoms. The van der Waals surface area contributed by atoms with Crippen molar-refractivity contribution in [2.24, 2.45) is 0 Å². The van der Waals surface area contributed by atoms with Crippen molar-refractivity contribution in [3.05, 3.63) is 71.2 Å². The number of morpholine rings is 1. The number of hydrogen-bond acceptors (Lipinski definition) is 5. The fraction of sp³-hybridized carbons (Fsp3) is 0.304. The Morgan fingerprint density at radius 2 is 1.79 bits per heavy atom. The molecule has 2 heterocycles. The highest BCUT2D eigenvalue weighted by atomic mass is 32.1. The number of rotatable bonds is 5. The van der Waals surface area contributed by atoms with Gasteiger partial charge in [0.1, 0.15) is 5.01 Å². The molecule has 29 heavy (non-hydrogen) atoms. The van der Waals surface area contributed by atoms with Gasteiger partial charge in [0.05, 0.1) is 12.2 Å². The number of carbonyl (C=O) groups excluding carboxylic acids is 1. The molecule has 0 unspecified atom stereocenters. The van der Waals surface area contributed by atoms with Gasteiger partial charge in [-0.25, -0.2) is 4.98 Å². The summed E-state index contributed by atoms with van der Waals surface area (Å²) in [6.45, 7) is 6.96. The summed E-state index contributed by atoms with van der Waals surface area (Å²) in [6, 6.07) is 15.6. The first-order chi connectivity index (χ1) is 14.1. The smallest absolute Gasteiger partial charge is 0.255 e. The van der Waals surface area contributed by atoms with Crippen molar-refractivity contribution in [1.82, 2.24) is 9.88 Å². The molecule has 0 radical (unpaired) electrons. The van der Waals surface area contributed by atoms with Gasteiger partial charge in [0.25, 0.3) is 5.91 Å². The molecule has 1 N–H and O–H groups in total. The molecular formula is C23H25N3O2S. The van der Waals surface area contributed by atoms with Gasteiger partial charge in [-0.2, -0.15) is 0 Å². The average Bonchev–Trinajstić information content (AvgIpc) is 3.23. The van der Waals surface area contributed by atoms with Gasteiger partial charge in [-0.15, -0.1) is 11.3 Å². The Bertz CT molecular complexity index is 929. The van der Waals surface area contributed by atoms with Crippen LogP contribution >= 0.6 is 11.3 Å². The monoisotopic (exact) mass is 407 g/mol. The van der Waals surface area contributed by atoms with E-state index in [0.717, 1.165) is 35.9 Å². The zero-order valence-corrected chi connectivity index (χ0v) is 17.5. The van der Waals surface area contributed by atoms with Crippen molar-refractivity contribution in [3.63, 3.8) is 0 Å². The normalized spacial score (nSPS) is 19.8. The third-order valence-corrected chi connectivity index (χ3v) is 5.76. The second kappa shape index (κ2) is 8.86. The van der Waals surface area contributed by atoms with E-state index in [1.807, 2.05) is 53.9 Å². The molecule has 0 spiro atoms. The maximum absolute atomic E-state index is 12.6. The van der Waals surface area contributed by atoms with E-state index in [9.17, 15) is 4.79 Å². The summed E-state index contributed by atoms with van der Waals surface area (Å²) in [6.07, 6.45) is 2.30. The molecule has 1 saturated heterocycles. The summed E-state index contributed by atoms with van der Waals surface area (Å²) < 4.78 is 5.79. The van der Waals surface area contributed by atoms with Gasteiger partial charge in [0.2, 0.25) is 0 Å². The number of nitrogens with one attached hydrogen (secondary N) is 1. The van der Waals surface area contributed by atoms with E-state index in [1.54, 1.807) is 17.5 Å².